The molecule has 3 amide bonds. The molecule has 4 bridgehead atoms. The Morgan fingerprint density at radius 1 is 0.648 bits per heavy atom. The van der Waals surface area contributed by atoms with Crippen molar-refractivity contribution in [3.63, 3.8) is 0 Å². The van der Waals surface area contributed by atoms with E-state index in [1.54, 1.807) is 72.8 Å². The first-order valence-corrected chi connectivity index (χ1v) is 25.1. The maximum Gasteiger partial charge on any atom is 0.247 e. The molecule has 376 valence electrons. The van der Waals surface area contributed by atoms with Gasteiger partial charge in [-0.1, -0.05) is 47.5 Å². The van der Waals surface area contributed by atoms with Crippen molar-refractivity contribution in [2.75, 3.05) is 76.9 Å². The van der Waals surface area contributed by atoms with E-state index in [1.807, 2.05) is 9.80 Å². The molecule has 4 unspecified atom stereocenters. The average Bonchev–Trinajstić information content (AvgIpc) is 4.28. The molecule has 0 radical (unpaired) electrons. The van der Waals surface area contributed by atoms with E-state index in [9.17, 15) is 23.2 Å². The maximum absolute atomic E-state index is 13.4. The minimum absolute atomic E-state index is 0.0369. The molecule has 4 heterocycles. The summed E-state index contributed by atoms with van der Waals surface area (Å²) in [5.74, 6) is 1.42. The number of morpholine rings is 2. The first-order chi connectivity index (χ1) is 34.3. The molecule has 6 fully saturated rings. The van der Waals surface area contributed by atoms with E-state index < -0.39 is 0 Å². The number of nitrogen functional groups attached to an aromatic ring is 1. The average molecular weight is 1010 g/mol. The van der Waals surface area contributed by atoms with Gasteiger partial charge in [0.1, 0.15) is 23.1 Å². The van der Waals surface area contributed by atoms with Crippen molar-refractivity contribution in [2.24, 2.45) is 11.8 Å². The Morgan fingerprint density at radius 3 is 1.48 bits per heavy atom. The van der Waals surface area contributed by atoms with Crippen LogP contribution < -0.4 is 20.5 Å². The SMILES string of the molecule is CC(=O)Nc1cc(Cl)c(OCC2CC2)cc1/C=C/C(=O)N1C2COCC1CN(Cc1ccc(F)cc1)C2.Nc1cc(Cl)c(OCC2CC2)cc1/C=C/C(=O)N1C2COCC1CN(Cc1ccc(F)cc1)C2. The zero-order chi connectivity index (χ0) is 49.6. The lowest BCUT2D eigenvalue weighted by molar-refractivity contribution is -0.150. The predicted molar refractivity (Wildman–Crippen MR) is 270 cm³/mol. The van der Waals surface area contributed by atoms with E-state index >= 15 is 0 Å². The predicted octanol–water partition coefficient (Wildman–Crippen LogP) is 8.33. The van der Waals surface area contributed by atoms with Gasteiger partial charge in [-0.3, -0.25) is 24.2 Å². The molecule has 2 saturated carbocycles. The lowest BCUT2D eigenvalue weighted by Crippen LogP contribution is -2.65. The molecule has 10 rings (SSSR count). The molecule has 4 aromatic carbocycles. The van der Waals surface area contributed by atoms with Gasteiger partial charge in [-0.15, -0.1) is 0 Å². The van der Waals surface area contributed by atoms with Gasteiger partial charge in [-0.05, 0) is 109 Å². The second-order valence-corrected chi connectivity index (χ2v) is 20.3. The van der Waals surface area contributed by atoms with Crippen molar-refractivity contribution in [2.45, 2.75) is 69.9 Å². The summed E-state index contributed by atoms with van der Waals surface area (Å²) < 4.78 is 49.8. The fraction of sp³-hybridized carbons (Fsp3) is 0.426. The maximum atomic E-state index is 13.4. The van der Waals surface area contributed by atoms with E-state index in [0.29, 0.717) is 128 Å². The number of ether oxygens (including phenoxy) is 4. The number of benzene rings is 4. The summed E-state index contributed by atoms with van der Waals surface area (Å²) in [5, 5.41) is 3.68. The standard InChI is InChI=1S/C28H31ClFN3O4.C26H29ClFN3O3/c1-18(34)31-26-11-25(29)27(37-15-20-2-3-20)10-21(26)6-9-28(35)33-23-13-32(14-24(33)17-36-16-23)12-19-4-7-22(30)8-5-19;27-23-10-24(29)19(9-25(23)34-14-18-1-2-18)5-8-26(32)31-21-12-30(13-22(31)16-33-15-21)11-17-3-6-20(28)7-4-17/h4-11,20,23-24H,2-3,12-17H2,1H3,(H,31,34);3-10,18,21-22H,1-2,11-16,29H2/b9-6+;8-5+. The van der Waals surface area contributed by atoms with E-state index in [0.717, 1.165) is 30.5 Å². The molecule has 0 spiro atoms. The Kier molecular flexibility index (Phi) is 16.3. The third-order valence-corrected chi connectivity index (χ3v) is 14.1. The Bertz CT molecular complexity index is 2590. The van der Waals surface area contributed by atoms with Gasteiger partial charge in [0, 0.05) is 80.8 Å². The van der Waals surface area contributed by atoms with Crippen LogP contribution in [0.1, 0.15) is 54.9 Å². The highest BCUT2D eigenvalue weighted by molar-refractivity contribution is 6.33. The van der Waals surface area contributed by atoms with Gasteiger partial charge < -0.3 is 39.8 Å². The summed E-state index contributed by atoms with van der Waals surface area (Å²) in [4.78, 5) is 46.8. The zero-order valence-corrected chi connectivity index (χ0v) is 41.3. The van der Waals surface area contributed by atoms with Crippen LogP contribution in [-0.2, 0) is 36.9 Å². The molecule has 0 aromatic heterocycles. The van der Waals surface area contributed by atoms with E-state index in [2.05, 4.69) is 15.1 Å². The molecular weight excluding hydrogens is 954 g/mol. The Balaban J connectivity index is 0.000000176. The number of nitrogens with zero attached hydrogens (tertiary/aromatic N) is 4. The third kappa shape index (κ3) is 13.5. The molecule has 3 N–H and O–H groups in total. The number of rotatable bonds is 15. The van der Waals surface area contributed by atoms with Crippen molar-refractivity contribution in [3.8, 4) is 11.5 Å². The highest BCUT2D eigenvalue weighted by atomic mass is 35.5. The summed E-state index contributed by atoms with van der Waals surface area (Å²) in [6.07, 6.45) is 11.3. The van der Waals surface area contributed by atoms with Crippen LogP contribution in [0, 0.1) is 23.5 Å². The number of fused-ring (bicyclic) bond motifs is 4. The van der Waals surface area contributed by atoms with Gasteiger partial charge in [-0.2, -0.15) is 0 Å². The van der Waals surface area contributed by atoms with E-state index in [-0.39, 0.29) is 53.5 Å². The largest absolute Gasteiger partial charge is 0.492 e. The van der Waals surface area contributed by atoms with Crippen molar-refractivity contribution >= 4 is 64.5 Å². The normalized spacial score (nSPS) is 22.3. The number of nitrogens with one attached hydrogen (secondary N) is 1. The minimum atomic E-state index is -0.250. The number of hydrogen-bond donors (Lipinski definition) is 2. The molecular formula is C54H60Cl2F2N6O7. The lowest BCUT2D eigenvalue weighted by atomic mass is 10.0. The van der Waals surface area contributed by atoms with Crippen LogP contribution in [0.3, 0.4) is 0 Å². The minimum Gasteiger partial charge on any atom is -0.492 e. The molecule has 2 aliphatic carbocycles. The molecule has 71 heavy (non-hydrogen) atoms. The number of halogens is 4. The van der Waals surface area contributed by atoms with E-state index in [1.165, 1.54) is 44.0 Å². The third-order valence-electron chi connectivity index (χ3n) is 13.5. The summed E-state index contributed by atoms with van der Waals surface area (Å²) in [6, 6.07) is 19.8. The van der Waals surface area contributed by atoms with Crippen LogP contribution in [0.5, 0.6) is 11.5 Å². The molecule has 4 saturated heterocycles. The fourth-order valence-corrected chi connectivity index (χ4v) is 10.1. The lowest BCUT2D eigenvalue weighted by Gasteiger charge is -2.49. The smallest absolute Gasteiger partial charge is 0.247 e. The van der Waals surface area contributed by atoms with Gasteiger partial charge in [0.15, 0.2) is 0 Å². The monoisotopic (exact) mass is 1010 g/mol. The highest BCUT2D eigenvalue weighted by Crippen LogP contribution is 2.37. The number of hydrogen-bond acceptors (Lipinski definition) is 10. The topological polar surface area (TPSA) is 139 Å². The van der Waals surface area contributed by atoms with Crippen molar-refractivity contribution in [1.29, 1.82) is 0 Å². The van der Waals surface area contributed by atoms with Crippen LogP contribution >= 0.6 is 23.2 Å². The highest BCUT2D eigenvalue weighted by Gasteiger charge is 2.41. The fourth-order valence-electron chi connectivity index (χ4n) is 9.61. The Morgan fingerprint density at radius 2 is 1.06 bits per heavy atom. The molecule has 4 aromatic rings. The van der Waals surface area contributed by atoms with Crippen molar-refractivity contribution in [3.05, 3.63) is 129 Å². The zero-order valence-electron chi connectivity index (χ0n) is 39.8. The first kappa shape index (κ1) is 50.4. The molecule has 6 aliphatic rings. The molecule has 4 atom stereocenters. The van der Waals surface area contributed by atoms with Crippen LogP contribution in [-0.4, -0.2) is 127 Å². The summed E-state index contributed by atoms with van der Waals surface area (Å²) in [6.45, 7) is 8.77. The van der Waals surface area contributed by atoms with Crippen LogP contribution in [0.15, 0.2) is 84.9 Å². The number of anilines is 2. The van der Waals surface area contributed by atoms with Gasteiger partial charge >= 0.3 is 0 Å². The Hall–Kier alpha value is -5.55. The number of carbonyl (C=O) groups is 3. The van der Waals surface area contributed by atoms with Crippen LogP contribution in [0.25, 0.3) is 12.2 Å². The number of nitrogens with two attached hydrogens (primary N) is 1. The summed E-state index contributed by atoms with van der Waals surface area (Å²) in [5.41, 5.74) is 10.6. The number of piperazine rings is 2. The van der Waals surface area contributed by atoms with Gasteiger partial charge in [0.2, 0.25) is 17.7 Å². The van der Waals surface area contributed by atoms with Gasteiger partial charge in [0.25, 0.3) is 0 Å². The van der Waals surface area contributed by atoms with Gasteiger partial charge in [0.05, 0.1) is 73.9 Å². The Labute approximate surface area is 423 Å². The molecule has 17 heteroatoms. The number of amides is 3. The van der Waals surface area contributed by atoms with E-state index in [4.69, 9.17) is 47.9 Å². The molecule has 13 nitrogen and oxygen atoms in total. The summed E-state index contributed by atoms with van der Waals surface area (Å²) >= 11 is 12.7. The van der Waals surface area contributed by atoms with Crippen molar-refractivity contribution in [1.82, 2.24) is 19.6 Å². The quantitative estimate of drug-likeness (QED) is 0.0884. The second kappa shape index (κ2) is 22.9. The second-order valence-electron chi connectivity index (χ2n) is 19.5. The van der Waals surface area contributed by atoms with Crippen molar-refractivity contribution < 1.29 is 42.1 Å². The van der Waals surface area contributed by atoms with Crippen LogP contribution in [0.2, 0.25) is 10.0 Å². The number of carbonyl (C=O) groups excluding carboxylic acids is 3. The van der Waals surface area contributed by atoms with Gasteiger partial charge in [-0.25, -0.2) is 8.78 Å². The molecule has 4 aliphatic heterocycles. The first-order valence-electron chi connectivity index (χ1n) is 24.4. The van der Waals surface area contributed by atoms with Crippen LogP contribution in [0.4, 0.5) is 20.2 Å². The summed E-state index contributed by atoms with van der Waals surface area (Å²) in [7, 11) is 0.